The molecule has 0 unspecified atom stereocenters. The Morgan fingerprint density at radius 3 is 2.44 bits per heavy atom. The Kier molecular flexibility index (Phi) is 4.12. The van der Waals surface area contributed by atoms with Crippen LogP contribution in [0, 0.1) is 5.82 Å². The minimum atomic E-state index is -3.91. The number of hydrogen-bond donors (Lipinski definition) is 1. The van der Waals surface area contributed by atoms with Crippen molar-refractivity contribution in [3.8, 4) is 0 Å². The monoisotopic (exact) mass is 402 g/mol. The molecule has 0 spiro atoms. The van der Waals surface area contributed by atoms with E-state index in [-0.39, 0.29) is 9.80 Å². The lowest BCUT2D eigenvalue weighted by atomic mass is 10.1. The number of thioether (sulfide) groups is 1. The highest BCUT2D eigenvalue weighted by Gasteiger charge is 2.25. The van der Waals surface area contributed by atoms with Crippen LogP contribution in [0.15, 0.2) is 64.5 Å². The molecule has 1 aromatic heterocycles. The molecule has 1 N–H and O–H groups in total. The molecule has 136 valence electrons. The maximum atomic E-state index is 13.1. The molecule has 27 heavy (non-hydrogen) atoms. The number of rotatable bonds is 3. The predicted octanol–water partition coefficient (Wildman–Crippen LogP) is 3.34. The number of nitrogens with zero attached hydrogens (tertiary/aromatic N) is 1. The Labute approximate surface area is 157 Å². The summed E-state index contributed by atoms with van der Waals surface area (Å²) in [5.74, 6) is -1.01. The summed E-state index contributed by atoms with van der Waals surface area (Å²) >= 11 is 0.789. The van der Waals surface area contributed by atoms with E-state index in [1.54, 1.807) is 30.3 Å². The number of carbonyl (C=O) groups is 2. The van der Waals surface area contributed by atoms with Crippen LogP contribution in [-0.2, 0) is 14.8 Å². The van der Waals surface area contributed by atoms with Gasteiger partial charge in [-0.25, -0.2) is 16.8 Å². The van der Waals surface area contributed by atoms with Gasteiger partial charge in [0.05, 0.1) is 15.3 Å². The number of carbonyl (C=O) groups excluding carboxylic acids is 2. The van der Waals surface area contributed by atoms with Crippen LogP contribution >= 0.6 is 11.8 Å². The molecule has 0 aliphatic carbocycles. The summed E-state index contributed by atoms with van der Waals surface area (Å²) in [5, 5.41) is 2.33. The van der Waals surface area contributed by atoms with Crippen LogP contribution in [0.5, 0.6) is 0 Å². The summed E-state index contributed by atoms with van der Waals surface area (Å²) in [7, 11) is -3.91. The molecule has 0 saturated carbocycles. The molecule has 2 aromatic carbocycles. The van der Waals surface area contributed by atoms with Crippen LogP contribution in [0.1, 0.15) is 5.56 Å². The van der Waals surface area contributed by atoms with E-state index < -0.39 is 27.0 Å². The van der Waals surface area contributed by atoms with Crippen molar-refractivity contribution in [3.63, 3.8) is 0 Å². The first-order valence-electron chi connectivity index (χ1n) is 7.72. The van der Waals surface area contributed by atoms with Gasteiger partial charge in [-0.1, -0.05) is 12.1 Å². The van der Waals surface area contributed by atoms with Gasteiger partial charge in [0.2, 0.25) is 0 Å². The number of nitrogens with one attached hydrogen (secondary N) is 1. The van der Waals surface area contributed by atoms with Gasteiger partial charge in [0.25, 0.3) is 21.2 Å². The first-order chi connectivity index (χ1) is 12.9. The lowest BCUT2D eigenvalue weighted by Gasteiger charge is -2.08. The topological polar surface area (TPSA) is 85.2 Å². The molecule has 1 aliphatic rings. The average molecular weight is 402 g/mol. The normalized spacial score (nSPS) is 16.3. The highest BCUT2D eigenvalue weighted by atomic mass is 32.2. The molecule has 1 aliphatic heterocycles. The fourth-order valence-corrected chi connectivity index (χ4v) is 4.80. The Hall–Kier alpha value is -2.91. The van der Waals surface area contributed by atoms with Crippen LogP contribution < -0.4 is 5.32 Å². The molecule has 6 nitrogen and oxygen atoms in total. The molecule has 4 rings (SSSR count). The highest BCUT2D eigenvalue weighted by Crippen LogP contribution is 2.30. The maximum Gasteiger partial charge on any atom is 0.290 e. The lowest BCUT2D eigenvalue weighted by Crippen LogP contribution is -2.17. The summed E-state index contributed by atoms with van der Waals surface area (Å²) < 4.78 is 40.0. The minimum Gasteiger partial charge on any atom is -0.282 e. The third kappa shape index (κ3) is 3.04. The molecule has 3 aromatic rings. The van der Waals surface area contributed by atoms with E-state index in [0.717, 1.165) is 27.9 Å². The second kappa shape index (κ2) is 6.36. The maximum absolute atomic E-state index is 13.1. The van der Waals surface area contributed by atoms with Crippen molar-refractivity contribution in [2.24, 2.45) is 0 Å². The molecular formula is C18H11FN2O4S2. The SMILES string of the molecule is O=C1NC(=O)/C(=C/c2cccc3c2ccn3S(=O)(=O)c2ccc(F)cc2)S1. The third-order valence-electron chi connectivity index (χ3n) is 4.03. The molecular weight excluding hydrogens is 391 g/mol. The van der Waals surface area contributed by atoms with Crippen molar-refractivity contribution < 1.29 is 22.4 Å². The van der Waals surface area contributed by atoms with Crippen molar-refractivity contribution in [2.45, 2.75) is 4.90 Å². The summed E-state index contributed by atoms with van der Waals surface area (Å²) in [6, 6.07) is 11.2. The fourth-order valence-electron chi connectivity index (χ4n) is 2.78. The van der Waals surface area contributed by atoms with Crippen LogP contribution in [0.4, 0.5) is 9.18 Å². The summed E-state index contributed by atoms with van der Waals surface area (Å²) in [5.41, 5.74) is 1.01. The van der Waals surface area contributed by atoms with Gasteiger partial charge in [-0.15, -0.1) is 0 Å². The fraction of sp³-hybridized carbons (Fsp3) is 0. The van der Waals surface area contributed by atoms with E-state index in [2.05, 4.69) is 5.32 Å². The zero-order valence-corrected chi connectivity index (χ0v) is 15.2. The van der Waals surface area contributed by atoms with Gasteiger partial charge in [-0.2, -0.15) is 0 Å². The Morgan fingerprint density at radius 2 is 1.78 bits per heavy atom. The van der Waals surface area contributed by atoms with Gasteiger partial charge in [-0.05, 0) is 59.8 Å². The molecule has 1 fully saturated rings. The van der Waals surface area contributed by atoms with E-state index in [1.165, 1.54) is 18.3 Å². The van der Waals surface area contributed by atoms with Crippen molar-refractivity contribution in [2.75, 3.05) is 0 Å². The van der Waals surface area contributed by atoms with E-state index in [9.17, 15) is 22.4 Å². The van der Waals surface area contributed by atoms with E-state index in [4.69, 9.17) is 0 Å². The second-order valence-corrected chi connectivity index (χ2v) is 8.53. The molecule has 0 radical (unpaired) electrons. The number of fused-ring (bicyclic) bond motifs is 1. The standard InChI is InChI=1S/C18H11FN2O4S2/c19-12-4-6-13(7-5-12)27(24,25)21-9-8-14-11(2-1-3-15(14)21)10-16-17(22)20-18(23)26-16/h1-10H,(H,20,22,23)/b16-10-. The Morgan fingerprint density at radius 1 is 1.04 bits per heavy atom. The van der Waals surface area contributed by atoms with Crippen LogP contribution in [0.3, 0.4) is 0 Å². The number of halogens is 1. The molecule has 0 atom stereocenters. The summed E-state index contributed by atoms with van der Waals surface area (Å²) in [6.07, 6.45) is 2.94. The lowest BCUT2D eigenvalue weighted by molar-refractivity contribution is -0.115. The summed E-state index contributed by atoms with van der Waals surface area (Å²) in [6.45, 7) is 0. The van der Waals surface area contributed by atoms with Crippen LogP contribution in [-0.4, -0.2) is 23.5 Å². The van der Waals surface area contributed by atoms with Gasteiger partial charge < -0.3 is 0 Å². The van der Waals surface area contributed by atoms with Gasteiger partial charge in [0, 0.05) is 11.6 Å². The molecule has 0 bridgehead atoms. The van der Waals surface area contributed by atoms with Gasteiger partial charge in [-0.3, -0.25) is 14.9 Å². The first kappa shape index (κ1) is 17.5. The van der Waals surface area contributed by atoms with Crippen molar-refractivity contribution >= 4 is 49.9 Å². The zero-order chi connectivity index (χ0) is 19.2. The molecule has 2 heterocycles. The Bertz CT molecular complexity index is 1230. The van der Waals surface area contributed by atoms with Crippen molar-refractivity contribution in [3.05, 3.63) is 71.0 Å². The predicted molar refractivity (Wildman–Crippen MR) is 100 cm³/mol. The number of benzene rings is 2. The quantitative estimate of drug-likeness (QED) is 0.679. The van der Waals surface area contributed by atoms with E-state index in [1.807, 2.05) is 0 Å². The molecule has 2 amide bonds. The zero-order valence-electron chi connectivity index (χ0n) is 13.5. The number of aromatic nitrogens is 1. The highest BCUT2D eigenvalue weighted by molar-refractivity contribution is 8.18. The van der Waals surface area contributed by atoms with E-state index >= 15 is 0 Å². The molecule has 1 saturated heterocycles. The van der Waals surface area contributed by atoms with Gasteiger partial charge >= 0.3 is 0 Å². The number of hydrogen-bond acceptors (Lipinski definition) is 5. The number of amides is 2. The first-order valence-corrected chi connectivity index (χ1v) is 9.98. The van der Waals surface area contributed by atoms with Gasteiger partial charge in [0.15, 0.2) is 0 Å². The number of imide groups is 1. The third-order valence-corrected chi connectivity index (χ3v) is 6.54. The van der Waals surface area contributed by atoms with Crippen molar-refractivity contribution in [1.29, 1.82) is 0 Å². The average Bonchev–Trinajstić information content (AvgIpc) is 3.19. The molecule has 9 heteroatoms. The van der Waals surface area contributed by atoms with Gasteiger partial charge in [0.1, 0.15) is 5.82 Å². The van der Waals surface area contributed by atoms with E-state index in [0.29, 0.717) is 16.5 Å². The summed E-state index contributed by atoms with van der Waals surface area (Å²) in [4.78, 5) is 23.3. The minimum absolute atomic E-state index is 0.0403. The second-order valence-electron chi connectivity index (χ2n) is 5.70. The van der Waals surface area contributed by atoms with Crippen LogP contribution in [0.25, 0.3) is 17.0 Å². The smallest absolute Gasteiger partial charge is 0.282 e. The van der Waals surface area contributed by atoms with Crippen molar-refractivity contribution in [1.82, 2.24) is 9.29 Å². The van der Waals surface area contributed by atoms with Crippen LogP contribution in [0.2, 0.25) is 0 Å². The largest absolute Gasteiger partial charge is 0.290 e. The Balaban J connectivity index is 1.84.